The second kappa shape index (κ2) is 7.22. The Morgan fingerprint density at radius 2 is 2.14 bits per heavy atom. The minimum absolute atomic E-state index is 0.0681. The number of carbonyl (C=O) groups excluding carboxylic acids is 2. The normalized spacial score (nSPS) is 31.1. The van der Waals surface area contributed by atoms with Crippen molar-refractivity contribution in [3.63, 3.8) is 0 Å². The number of rotatable bonds is 5. The molecule has 2 aliphatic rings. The van der Waals surface area contributed by atoms with Gasteiger partial charge >= 0.3 is 0 Å². The number of nitrogens with zero attached hydrogens (tertiary/aromatic N) is 1. The van der Waals surface area contributed by atoms with E-state index in [4.69, 9.17) is 15.2 Å². The van der Waals surface area contributed by atoms with Crippen LogP contribution in [0.15, 0.2) is 0 Å². The number of ether oxygens (including phenoxy) is 2. The van der Waals surface area contributed by atoms with Crippen molar-refractivity contribution in [3.8, 4) is 0 Å². The first-order chi connectivity index (χ1) is 9.99. The molecular weight excluding hydrogens is 272 g/mol. The topological polar surface area (TPSA) is 81.9 Å². The molecule has 0 spiro atoms. The number of hydrogen-bond acceptors (Lipinski definition) is 4. The van der Waals surface area contributed by atoms with Crippen molar-refractivity contribution < 1.29 is 19.1 Å². The molecule has 2 N–H and O–H groups in total. The maximum Gasteiger partial charge on any atom is 0.251 e. The summed E-state index contributed by atoms with van der Waals surface area (Å²) in [6, 6.07) is 0. The second-order valence-corrected chi connectivity index (χ2v) is 6.19. The first-order valence-corrected chi connectivity index (χ1v) is 7.80. The fraction of sp³-hybridized carbons (Fsp3) is 0.867. The van der Waals surface area contributed by atoms with Gasteiger partial charge < -0.3 is 20.1 Å². The molecule has 2 heterocycles. The van der Waals surface area contributed by atoms with Gasteiger partial charge in [0.05, 0.1) is 18.6 Å². The summed E-state index contributed by atoms with van der Waals surface area (Å²) in [4.78, 5) is 25.3. The molecule has 6 heteroatoms. The third kappa shape index (κ3) is 4.17. The zero-order valence-corrected chi connectivity index (χ0v) is 12.9. The Kier molecular flexibility index (Phi) is 5.58. The molecule has 0 aromatic rings. The molecular formula is C15H26N2O4. The summed E-state index contributed by atoms with van der Waals surface area (Å²) in [5.41, 5.74) is 5.36. The molecule has 0 aliphatic carbocycles. The lowest BCUT2D eigenvalue weighted by Gasteiger charge is -2.25. The van der Waals surface area contributed by atoms with E-state index < -0.39 is 6.10 Å². The van der Waals surface area contributed by atoms with Crippen LogP contribution >= 0.6 is 0 Å². The van der Waals surface area contributed by atoms with E-state index in [1.807, 2.05) is 6.92 Å². The minimum atomic E-state index is -0.505. The average Bonchev–Trinajstić information content (AvgIpc) is 2.87. The summed E-state index contributed by atoms with van der Waals surface area (Å²) in [5, 5.41) is 0. The number of likely N-dealkylation sites (tertiary alicyclic amines) is 1. The average molecular weight is 298 g/mol. The van der Waals surface area contributed by atoms with Gasteiger partial charge in [0, 0.05) is 19.7 Å². The number of carbonyl (C=O) groups is 2. The lowest BCUT2D eigenvalue weighted by molar-refractivity contribution is -0.145. The summed E-state index contributed by atoms with van der Waals surface area (Å²) in [6.07, 6.45) is 2.84. The summed E-state index contributed by atoms with van der Waals surface area (Å²) in [6.45, 7) is 5.91. The molecule has 2 saturated heterocycles. The van der Waals surface area contributed by atoms with E-state index in [1.54, 1.807) is 11.8 Å². The standard InChI is InChI=1S/C15H26N2O4/c1-10-7-17(8-13(10)14(16)18)15(19)11(2)21-9-12-5-3-4-6-20-12/h10-13H,3-9H2,1-2H3,(H2,16,18)/t10-,11?,12?,13-/m1/s1. The molecule has 0 saturated carbocycles. The maximum absolute atomic E-state index is 12.3. The third-order valence-electron chi connectivity index (χ3n) is 4.44. The fourth-order valence-electron chi connectivity index (χ4n) is 3.04. The first-order valence-electron chi connectivity index (χ1n) is 7.80. The molecule has 0 radical (unpaired) electrons. The van der Waals surface area contributed by atoms with Gasteiger partial charge in [-0.2, -0.15) is 0 Å². The number of primary amides is 1. The first kappa shape index (κ1) is 16.2. The molecule has 2 amide bonds. The van der Waals surface area contributed by atoms with Gasteiger partial charge in [0.1, 0.15) is 6.10 Å². The molecule has 0 bridgehead atoms. The van der Waals surface area contributed by atoms with Crippen molar-refractivity contribution in [2.45, 2.75) is 45.3 Å². The van der Waals surface area contributed by atoms with Gasteiger partial charge in [-0.3, -0.25) is 9.59 Å². The highest BCUT2D eigenvalue weighted by molar-refractivity contribution is 5.83. The van der Waals surface area contributed by atoms with Crippen LogP contribution in [0.1, 0.15) is 33.1 Å². The highest BCUT2D eigenvalue weighted by Crippen LogP contribution is 2.23. The van der Waals surface area contributed by atoms with Crippen LogP contribution in [0.4, 0.5) is 0 Å². The fourth-order valence-corrected chi connectivity index (χ4v) is 3.04. The van der Waals surface area contributed by atoms with Crippen LogP contribution in [0.2, 0.25) is 0 Å². The van der Waals surface area contributed by atoms with Crippen LogP contribution in [0.25, 0.3) is 0 Å². The van der Waals surface area contributed by atoms with Gasteiger partial charge in [-0.1, -0.05) is 6.92 Å². The summed E-state index contributed by atoms with van der Waals surface area (Å²) >= 11 is 0. The van der Waals surface area contributed by atoms with Crippen molar-refractivity contribution in [2.24, 2.45) is 17.6 Å². The molecule has 21 heavy (non-hydrogen) atoms. The smallest absolute Gasteiger partial charge is 0.251 e. The lowest BCUT2D eigenvalue weighted by atomic mass is 9.98. The molecule has 6 nitrogen and oxygen atoms in total. The molecule has 2 aliphatic heterocycles. The second-order valence-electron chi connectivity index (χ2n) is 6.19. The largest absolute Gasteiger partial charge is 0.376 e. The van der Waals surface area contributed by atoms with Crippen molar-refractivity contribution in [3.05, 3.63) is 0 Å². The Hall–Kier alpha value is -1.14. The van der Waals surface area contributed by atoms with Gasteiger partial charge in [0.25, 0.3) is 5.91 Å². The Morgan fingerprint density at radius 1 is 1.38 bits per heavy atom. The van der Waals surface area contributed by atoms with Crippen molar-refractivity contribution in [1.82, 2.24) is 4.90 Å². The monoisotopic (exact) mass is 298 g/mol. The Bertz CT molecular complexity index is 382. The van der Waals surface area contributed by atoms with Gasteiger partial charge in [-0.15, -0.1) is 0 Å². The maximum atomic E-state index is 12.3. The van der Waals surface area contributed by atoms with Crippen LogP contribution in [0.5, 0.6) is 0 Å². The molecule has 0 aromatic heterocycles. The Balaban J connectivity index is 1.78. The quantitative estimate of drug-likeness (QED) is 0.803. The predicted molar refractivity (Wildman–Crippen MR) is 77.4 cm³/mol. The highest BCUT2D eigenvalue weighted by atomic mass is 16.5. The molecule has 2 rings (SSSR count). The molecule has 2 unspecified atom stereocenters. The van der Waals surface area contributed by atoms with Crippen molar-refractivity contribution in [1.29, 1.82) is 0 Å². The van der Waals surface area contributed by atoms with E-state index in [-0.39, 0.29) is 29.8 Å². The SMILES string of the molecule is CC(OCC1CCCCO1)C(=O)N1C[C@@H](C)[C@H](C(N)=O)C1. The molecule has 2 fully saturated rings. The van der Waals surface area contributed by atoms with Crippen LogP contribution < -0.4 is 5.73 Å². The van der Waals surface area contributed by atoms with E-state index in [0.717, 1.165) is 25.9 Å². The van der Waals surface area contributed by atoms with E-state index in [9.17, 15) is 9.59 Å². The zero-order valence-electron chi connectivity index (χ0n) is 12.9. The molecule has 4 atom stereocenters. The van der Waals surface area contributed by atoms with E-state index in [2.05, 4.69) is 0 Å². The van der Waals surface area contributed by atoms with Gasteiger partial charge in [-0.05, 0) is 32.1 Å². The molecule has 120 valence electrons. The molecule has 0 aromatic carbocycles. The Morgan fingerprint density at radius 3 is 2.71 bits per heavy atom. The van der Waals surface area contributed by atoms with Crippen LogP contribution in [-0.4, -0.2) is 55.2 Å². The number of amides is 2. The van der Waals surface area contributed by atoms with Crippen LogP contribution in [0.3, 0.4) is 0 Å². The minimum Gasteiger partial charge on any atom is -0.376 e. The van der Waals surface area contributed by atoms with E-state index in [0.29, 0.717) is 19.7 Å². The van der Waals surface area contributed by atoms with Gasteiger partial charge in [-0.25, -0.2) is 0 Å². The van der Waals surface area contributed by atoms with E-state index in [1.165, 1.54) is 0 Å². The van der Waals surface area contributed by atoms with Crippen LogP contribution in [-0.2, 0) is 19.1 Å². The summed E-state index contributed by atoms with van der Waals surface area (Å²) in [7, 11) is 0. The highest BCUT2D eigenvalue weighted by Gasteiger charge is 2.37. The lowest BCUT2D eigenvalue weighted by Crippen LogP contribution is -2.40. The van der Waals surface area contributed by atoms with Crippen molar-refractivity contribution in [2.75, 3.05) is 26.3 Å². The van der Waals surface area contributed by atoms with Crippen LogP contribution in [0, 0.1) is 11.8 Å². The Labute approximate surface area is 125 Å². The zero-order chi connectivity index (χ0) is 15.4. The summed E-state index contributed by atoms with van der Waals surface area (Å²) in [5.74, 6) is -0.536. The van der Waals surface area contributed by atoms with E-state index >= 15 is 0 Å². The predicted octanol–water partition coefficient (Wildman–Crippen LogP) is 0.540. The summed E-state index contributed by atoms with van der Waals surface area (Å²) < 4.78 is 11.2. The van der Waals surface area contributed by atoms with Gasteiger partial charge in [0.2, 0.25) is 5.91 Å². The van der Waals surface area contributed by atoms with Crippen molar-refractivity contribution >= 4 is 11.8 Å². The number of hydrogen-bond donors (Lipinski definition) is 1. The third-order valence-corrected chi connectivity index (χ3v) is 4.44. The number of nitrogens with two attached hydrogens (primary N) is 1. The van der Waals surface area contributed by atoms with Gasteiger partial charge in [0.15, 0.2) is 0 Å².